The summed E-state index contributed by atoms with van der Waals surface area (Å²) in [5.41, 5.74) is 9.59. The van der Waals surface area contributed by atoms with Crippen molar-refractivity contribution < 1.29 is 27.8 Å². The number of nitrogens with zero attached hydrogens (tertiary/aromatic N) is 2. The van der Waals surface area contributed by atoms with Gasteiger partial charge in [-0.25, -0.2) is 4.98 Å². The van der Waals surface area contributed by atoms with Crippen molar-refractivity contribution in [3.05, 3.63) is 64.3 Å². The fraction of sp³-hybridized carbons (Fsp3) is 0.355. The molecule has 3 aromatic rings. The summed E-state index contributed by atoms with van der Waals surface area (Å²) >= 11 is 0. The molecule has 2 aromatic carbocycles. The van der Waals surface area contributed by atoms with Crippen LogP contribution >= 0.6 is 0 Å². The number of carbonyl (C=O) groups is 2. The fourth-order valence-corrected chi connectivity index (χ4v) is 4.75. The van der Waals surface area contributed by atoms with E-state index in [-0.39, 0.29) is 30.3 Å². The molecule has 0 saturated carbocycles. The Balaban J connectivity index is 1.59. The number of fused-ring (bicyclic) bond motifs is 1. The Morgan fingerprint density at radius 2 is 2.07 bits per heavy atom. The first-order valence-electron chi connectivity index (χ1n) is 13.7. The number of aldehydes is 1. The molecule has 0 radical (unpaired) electrons. The maximum absolute atomic E-state index is 14.5. The molecule has 42 heavy (non-hydrogen) atoms. The van der Waals surface area contributed by atoms with E-state index in [1.54, 1.807) is 24.4 Å². The highest BCUT2D eigenvalue weighted by molar-refractivity contribution is 5.99. The van der Waals surface area contributed by atoms with Crippen LogP contribution in [0.25, 0.3) is 11.3 Å². The van der Waals surface area contributed by atoms with Crippen LogP contribution in [0.2, 0.25) is 0 Å². The number of halogens is 2. The van der Waals surface area contributed by atoms with Gasteiger partial charge in [0.1, 0.15) is 17.2 Å². The third kappa shape index (κ3) is 6.35. The van der Waals surface area contributed by atoms with E-state index in [0.717, 1.165) is 12.0 Å². The Morgan fingerprint density at radius 1 is 1.29 bits per heavy atom. The van der Waals surface area contributed by atoms with Crippen molar-refractivity contribution in [3.8, 4) is 22.8 Å². The summed E-state index contributed by atoms with van der Waals surface area (Å²) in [4.78, 5) is 33.3. The van der Waals surface area contributed by atoms with E-state index < -0.39 is 11.5 Å². The van der Waals surface area contributed by atoms with E-state index in [1.165, 1.54) is 26.3 Å². The van der Waals surface area contributed by atoms with Gasteiger partial charge in [0.15, 0.2) is 6.29 Å². The van der Waals surface area contributed by atoms with E-state index in [9.17, 15) is 18.4 Å². The number of anilines is 2. The number of amides is 1. The summed E-state index contributed by atoms with van der Waals surface area (Å²) in [7, 11) is 2.99. The molecule has 1 aromatic heterocycles. The van der Waals surface area contributed by atoms with Gasteiger partial charge >= 0.3 is 5.92 Å². The molecule has 1 aliphatic heterocycles. The van der Waals surface area contributed by atoms with Gasteiger partial charge in [0.25, 0.3) is 5.91 Å². The lowest BCUT2D eigenvalue weighted by molar-refractivity contribution is -0.130. The smallest absolute Gasteiger partial charge is 0.329 e. The summed E-state index contributed by atoms with van der Waals surface area (Å²) in [5.74, 6) is -3.03. The maximum Gasteiger partial charge on any atom is 0.329 e. The van der Waals surface area contributed by atoms with Crippen molar-refractivity contribution in [2.45, 2.75) is 38.5 Å². The molecule has 222 valence electrons. The van der Waals surface area contributed by atoms with Crippen LogP contribution in [0.3, 0.4) is 0 Å². The molecule has 4 rings (SSSR count). The highest BCUT2D eigenvalue weighted by Crippen LogP contribution is 2.43. The highest BCUT2D eigenvalue weighted by atomic mass is 19.3. The Morgan fingerprint density at radius 3 is 2.76 bits per heavy atom. The number of benzene rings is 2. The van der Waals surface area contributed by atoms with Crippen LogP contribution in [-0.2, 0) is 17.1 Å². The van der Waals surface area contributed by atoms with E-state index in [2.05, 4.69) is 15.6 Å². The summed E-state index contributed by atoms with van der Waals surface area (Å²) < 4.78 is 40.2. The van der Waals surface area contributed by atoms with Crippen molar-refractivity contribution in [1.29, 1.82) is 0 Å². The summed E-state index contributed by atoms with van der Waals surface area (Å²) in [6.45, 7) is 5.35. The molecule has 1 aliphatic rings. The number of nitrogen functional groups attached to an aromatic ring is 1. The SMILES string of the molecule is CCCN=Cc1cc(C(=O)NCCc2cc3c(c(-c4ccc(NC)c(C(F)(F)C=O)c4)n2)OCC3C)cc(OC)c1N. The van der Waals surface area contributed by atoms with E-state index in [0.29, 0.717) is 64.8 Å². The zero-order valence-electron chi connectivity index (χ0n) is 24.1. The number of hydrogen-bond acceptors (Lipinski definition) is 8. The predicted molar refractivity (Wildman–Crippen MR) is 159 cm³/mol. The first kappa shape index (κ1) is 30.4. The average molecular weight is 580 g/mol. The molecule has 1 atom stereocenters. The Kier molecular flexibility index (Phi) is 9.39. The summed E-state index contributed by atoms with van der Waals surface area (Å²) in [6.07, 6.45) is 2.52. The topological polar surface area (TPSA) is 128 Å². The number of pyridine rings is 1. The van der Waals surface area contributed by atoms with Gasteiger partial charge in [0, 0.05) is 72.3 Å². The molecular weight excluding hydrogens is 544 g/mol. The second-order valence-electron chi connectivity index (χ2n) is 10.1. The number of aliphatic imine (C=N–C) groups is 1. The van der Waals surface area contributed by atoms with Gasteiger partial charge in [-0.3, -0.25) is 14.6 Å². The molecule has 4 N–H and O–H groups in total. The van der Waals surface area contributed by atoms with Crippen LogP contribution in [0.4, 0.5) is 20.2 Å². The van der Waals surface area contributed by atoms with Gasteiger partial charge in [-0.1, -0.05) is 19.9 Å². The number of rotatable bonds is 12. The lowest BCUT2D eigenvalue weighted by atomic mass is 9.97. The van der Waals surface area contributed by atoms with Crippen molar-refractivity contribution in [3.63, 3.8) is 0 Å². The zero-order chi connectivity index (χ0) is 30.4. The minimum atomic E-state index is -3.68. The quantitative estimate of drug-likeness (QED) is 0.157. The molecule has 0 fully saturated rings. The van der Waals surface area contributed by atoms with Gasteiger partial charge in [-0.2, -0.15) is 8.78 Å². The minimum Gasteiger partial charge on any atom is -0.495 e. The Bertz CT molecular complexity index is 1510. The molecule has 0 spiro atoms. The van der Waals surface area contributed by atoms with Gasteiger partial charge in [0.05, 0.1) is 25.0 Å². The average Bonchev–Trinajstić information content (AvgIpc) is 3.37. The van der Waals surface area contributed by atoms with Crippen molar-refractivity contribution in [1.82, 2.24) is 10.3 Å². The molecule has 11 heteroatoms. The summed E-state index contributed by atoms with van der Waals surface area (Å²) in [5, 5.41) is 5.62. The number of methoxy groups -OCH3 is 1. The van der Waals surface area contributed by atoms with Crippen LogP contribution in [-0.4, -0.2) is 57.2 Å². The Labute approximate surface area is 243 Å². The number of nitrogens with one attached hydrogen (secondary N) is 2. The second kappa shape index (κ2) is 13.0. The van der Waals surface area contributed by atoms with E-state index >= 15 is 0 Å². The van der Waals surface area contributed by atoms with Crippen molar-refractivity contribution >= 4 is 29.8 Å². The number of hydrogen-bond donors (Lipinski definition) is 3. The molecule has 0 saturated heterocycles. The molecule has 0 aliphatic carbocycles. The standard InChI is InChI=1S/C31H35F2N5O4/c1-5-9-36-15-21-11-20(13-26(41-4)27(21)34)30(40)37-10-8-22-14-23-18(2)16-42-29(23)28(38-22)19-6-7-25(35-3)24(12-19)31(32,33)17-39/h6-7,11-15,17-18,35H,5,8-10,16,34H2,1-4H3,(H,37,40). The molecular formula is C31H35F2N5O4. The van der Waals surface area contributed by atoms with Crippen LogP contribution in [0.15, 0.2) is 41.4 Å². The first-order valence-corrected chi connectivity index (χ1v) is 13.7. The van der Waals surface area contributed by atoms with Crippen LogP contribution in [0.5, 0.6) is 11.5 Å². The number of ether oxygens (including phenoxy) is 2. The van der Waals surface area contributed by atoms with Crippen molar-refractivity contribution in [2.75, 3.05) is 44.9 Å². The van der Waals surface area contributed by atoms with Gasteiger partial charge in [0.2, 0.25) is 0 Å². The van der Waals surface area contributed by atoms with E-state index in [4.69, 9.17) is 20.2 Å². The maximum atomic E-state index is 14.5. The number of alkyl halides is 2. The normalized spacial score (nSPS) is 14.4. The first-order chi connectivity index (χ1) is 20.1. The largest absolute Gasteiger partial charge is 0.495 e. The number of nitrogens with two attached hydrogens (primary N) is 1. The summed E-state index contributed by atoms with van der Waals surface area (Å²) in [6, 6.07) is 9.57. The predicted octanol–water partition coefficient (Wildman–Crippen LogP) is 4.97. The second-order valence-corrected chi connectivity index (χ2v) is 10.1. The van der Waals surface area contributed by atoms with Gasteiger partial charge in [-0.15, -0.1) is 0 Å². The van der Waals surface area contributed by atoms with Crippen LogP contribution < -0.4 is 25.8 Å². The fourth-order valence-electron chi connectivity index (χ4n) is 4.75. The van der Waals surface area contributed by atoms with Crippen molar-refractivity contribution in [2.24, 2.45) is 4.99 Å². The van der Waals surface area contributed by atoms with Crippen LogP contribution in [0, 0.1) is 0 Å². The third-order valence-corrected chi connectivity index (χ3v) is 7.04. The highest BCUT2D eigenvalue weighted by Gasteiger charge is 2.35. The molecule has 1 amide bonds. The zero-order valence-corrected chi connectivity index (χ0v) is 24.1. The Hall–Kier alpha value is -4.54. The molecule has 1 unspecified atom stereocenters. The van der Waals surface area contributed by atoms with Gasteiger partial charge < -0.3 is 25.8 Å². The van der Waals surface area contributed by atoms with Gasteiger partial charge in [-0.05, 0) is 36.8 Å². The lowest BCUT2D eigenvalue weighted by Crippen LogP contribution is -2.26. The minimum absolute atomic E-state index is 0.0672. The number of aromatic nitrogens is 1. The monoisotopic (exact) mass is 579 g/mol. The number of carbonyl (C=O) groups excluding carboxylic acids is 2. The molecule has 2 heterocycles. The lowest BCUT2D eigenvalue weighted by Gasteiger charge is -2.17. The van der Waals surface area contributed by atoms with E-state index in [1.807, 2.05) is 19.9 Å². The molecule has 9 nitrogen and oxygen atoms in total. The third-order valence-electron chi connectivity index (χ3n) is 7.04. The molecule has 0 bridgehead atoms. The van der Waals surface area contributed by atoms with Crippen LogP contribution in [0.1, 0.15) is 58.9 Å².